The molecule has 0 bridgehead atoms. The first-order valence-electron chi connectivity index (χ1n) is 3.25. The fraction of sp³-hybridized carbons (Fsp3) is 0. The van der Waals surface area contributed by atoms with E-state index in [1.807, 2.05) is 0 Å². The molecule has 4 N–H and O–H groups in total. The van der Waals surface area contributed by atoms with Crippen molar-refractivity contribution in [2.75, 3.05) is 5.73 Å². The van der Waals surface area contributed by atoms with Crippen molar-refractivity contribution in [3.05, 3.63) is 23.5 Å². The normalized spacial score (nSPS) is 8.86. The van der Waals surface area contributed by atoms with E-state index in [-0.39, 0.29) is 29.5 Å². The minimum atomic E-state index is -1.31. The van der Waals surface area contributed by atoms with Crippen molar-refractivity contribution < 1.29 is 19.8 Å². The Hall–Kier alpha value is -1.82. The van der Waals surface area contributed by atoms with Gasteiger partial charge in [-0.05, 0) is 12.1 Å². The van der Waals surface area contributed by atoms with E-state index in [2.05, 4.69) is 4.98 Å². The van der Waals surface area contributed by atoms with Crippen molar-refractivity contribution >= 4 is 30.0 Å². The topological polar surface area (TPSA) is 114 Å². The molecule has 0 unspecified atom stereocenters. The summed E-state index contributed by atoms with van der Waals surface area (Å²) in [7, 11) is 0. The molecule has 0 aliphatic heterocycles. The number of hydrogen-bond acceptors (Lipinski definition) is 4. The summed E-state index contributed by atoms with van der Waals surface area (Å²) >= 11 is 0. The van der Waals surface area contributed by atoms with Gasteiger partial charge in [0.1, 0.15) is 0 Å². The average molecular weight is 219 g/mol. The van der Waals surface area contributed by atoms with E-state index in [4.69, 9.17) is 15.9 Å². The maximum Gasteiger partial charge on any atom is 0.354 e. The molecule has 0 radical (unpaired) electrons. The van der Waals surface area contributed by atoms with Crippen LogP contribution in [0.1, 0.15) is 21.0 Å². The number of halogens is 1. The van der Waals surface area contributed by atoms with Crippen molar-refractivity contribution in [3.8, 4) is 0 Å². The predicted molar refractivity (Wildman–Crippen MR) is 49.8 cm³/mol. The zero-order valence-corrected chi connectivity index (χ0v) is 7.61. The second-order valence-corrected chi connectivity index (χ2v) is 2.28. The van der Waals surface area contributed by atoms with Gasteiger partial charge in [-0.2, -0.15) is 0 Å². The molecule has 6 nitrogen and oxygen atoms in total. The molecule has 1 rings (SSSR count). The van der Waals surface area contributed by atoms with Crippen LogP contribution < -0.4 is 5.73 Å². The SMILES string of the molecule is Cl.Nc1cc(C(=O)O)nc(C(=O)O)c1. The molecule has 0 spiro atoms. The number of aromatic nitrogens is 1. The molecular formula is C7H7ClN2O4. The minimum absolute atomic E-state index is 0. The molecule has 0 aromatic carbocycles. The van der Waals surface area contributed by atoms with Gasteiger partial charge in [0.05, 0.1) is 0 Å². The van der Waals surface area contributed by atoms with E-state index in [0.29, 0.717) is 0 Å². The number of nitrogen functional groups attached to an aromatic ring is 1. The number of carboxylic acids is 2. The standard InChI is InChI=1S/C7H6N2O4.ClH/c8-3-1-4(6(10)11)9-5(2-3)7(12)13;/h1-2H,(H2,8,9)(H,10,11)(H,12,13);1H. The van der Waals surface area contributed by atoms with E-state index < -0.39 is 11.9 Å². The number of pyridine rings is 1. The molecule has 0 aliphatic rings. The van der Waals surface area contributed by atoms with Gasteiger partial charge in [0, 0.05) is 5.69 Å². The van der Waals surface area contributed by atoms with Crippen LogP contribution in [0.3, 0.4) is 0 Å². The van der Waals surface area contributed by atoms with Crippen LogP contribution in [0.2, 0.25) is 0 Å². The van der Waals surface area contributed by atoms with Crippen LogP contribution in [-0.4, -0.2) is 27.1 Å². The summed E-state index contributed by atoms with van der Waals surface area (Å²) in [5.41, 5.74) is 4.57. The summed E-state index contributed by atoms with van der Waals surface area (Å²) in [5, 5.41) is 17.0. The highest BCUT2D eigenvalue weighted by Gasteiger charge is 2.11. The van der Waals surface area contributed by atoms with Gasteiger partial charge in [-0.25, -0.2) is 14.6 Å². The maximum absolute atomic E-state index is 10.4. The van der Waals surface area contributed by atoms with Crippen molar-refractivity contribution in [2.45, 2.75) is 0 Å². The lowest BCUT2D eigenvalue weighted by molar-refractivity contribution is 0.0685. The van der Waals surface area contributed by atoms with Crippen LogP contribution in [0.4, 0.5) is 5.69 Å². The van der Waals surface area contributed by atoms with Gasteiger partial charge in [0.25, 0.3) is 0 Å². The van der Waals surface area contributed by atoms with E-state index in [1.165, 1.54) is 0 Å². The Morgan fingerprint density at radius 1 is 1.14 bits per heavy atom. The molecular weight excluding hydrogens is 212 g/mol. The first-order chi connectivity index (χ1) is 6.00. The van der Waals surface area contributed by atoms with Crippen molar-refractivity contribution in [1.29, 1.82) is 0 Å². The molecule has 1 aromatic rings. The van der Waals surface area contributed by atoms with Crippen LogP contribution in [0, 0.1) is 0 Å². The summed E-state index contributed by atoms with van der Waals surface area (Å²) in [5.74, 6) is -2.62. The molecule has 0 saturated carbocycles. The Bertz CT molecular complexity index is 348. The summed E-state index contributed by atoms with van der Waals surface area (Å²) in [6, 6.07) is 2.18. The second-order valence-electron chi connectivity index (χ2n) is 2.28. The smallest absolute Gasteiger partial charge is 0.354 e. The number of carboxylic acid groups (broad SMARTS) is 2. The molecule has 0 aliphatic carbocycles. The molecule has 76 valence electrons. The molecule has 0 amide bonds. The lowest BCUT2D eigenvalue weighted by Gasteiger charge is -1.98. The molecule has 14 heavy (non-hydrogen) atoms. The van der Waals surface area contributed by atoms with Gasteiger partial charge in [-0.15, -0.1) is 12.4 Å². The highest BCUT2D eigenvalue weighted by molar-refractivity contribution is 5.91. The lowest BCUT2D eigenvalue weighted by atomic mass is 10.2. The second kappa shape index (κ2) is 4.43. The number of nitrogens with zero attached hydrogens (tertiary/aromatic N) is 1. The Kier molecular flexibility index (Phi) is 3.85. The van der Waals surface area contributed by atoms with Crippen molar-refractivity contribution in [2.24, 2.45) is 0 Å². The highest BCUT2D eigenvalue weighted by atomic mass is 35.5. The van der Waals surface area contributed by atoms with Crippen LogP contribution in [0.5, 0.6) is 0 Å². The lowest BCUT2D eigenvalue weighted by Crippen LogP contribution is -2.08. The minimum Gasteiger partial charge on any atom is -0.477 e. The molecule has 1 aromatic heterocycles. The quantitative estimate of drug-likeness (QED) is 0.665. The number of nitrogens with two attached hydrogens (primary N) is 1. The number of hydrogen-bond donors (Lipinski definition) is 3. The monoisotopic (exact) mass is 218 g/mol. The molecule has 0 atom stereocenters. The van der Waals surface area contributed by atoms with Crippen LogP contribution in [0.25, 0.3) is 0 Å². The van der Waals surface area contributed by atoms with Crippen molar-refractivity contribution in [3.63, 3.8) is 0 Å². The molecule has 1 heterocycles. The Morgan fingerprint density at radius 3 is 1.79 bits per heavy atom. The Labute approximate surface area is 84.8 Å². The number of anilines is 1. The Morgan fingerprint density at radius 2 is 1.50 bits per heavy atom. The summed E-state index contributed by atoms with van der Waals surface area (Å²) in [6.07, 6.45) is 0. The third kappa shape index (κ3) is 2.60. The summed E-state index contributed by atoms with van der Waals surface area (Å²) in [4.78, 5) is 24.2. The van der Waals surface area contributed by atoms with Gasteiger partial charge < -0.3 is 15.9 Å². The van der Waals surface area contributed by atoms with Gasteiger partial charge in [-0.3, -0.25) is 0 Å². The maximum atomic E-state index is 10.4. The van der Waals surface area contributed by atoms with Crippen LogP contribution >= 0.6 is 12.4 Å². The zero-order valence-electron chi connectivity index (χ0n) is 6.80. The van der Waals surface area contributed by atoms with E-state index in [1.54, 1.807) is 0 Å². The zero-order chi connectivity index (χ0) is 10.0. The summed E-state index contributed by atoms with van der Waals surface area (Å²) < 4.78 is 0. The summed E-state index contributed by atoms with van der Waals surface area (Å²) in [6.45, 7) is 0. The predicted octanol–water partition coefficient (Wildman–Crippen LogP) is 0.482. The Balaban J connectivity index is 0.00000169. The molecule has 7 heteroatoms. The fourth-order valence-electron chi connectivity index (χ4n) is 0.771. The molecule has 0 saturated heterocycles. The van der Waals surface area contributed by atoms with Gasteiger partial charge >= 0.3 is 11.9 Å². The van der Waals surface area contributed by atoms with E-state index in [0.717, 1.165) is 12.1 Å². The first kappa shape index (κ1) is 12.2. The van der Waals surface area contributed by atoms with Gasteiger partial charge in [0.15, 0.2) is 11.4 Å². The highest BCUT2D eigenvalue weighted by Crippen LogP contribution is 2.07. The number of aromatic carboxylic acids is 2. The molecule has 0 fully saturated rings. The van der Waals surface area contributed by atoms with Gasteiger partial charge in [0.2, 0.25) is 0 Å². The van der Waals surface area contributed by atoms with Gasteiger partial charge in [-0.1, -0.05) is 0 Å². The van der Waals surface area contributed by atoms with Crippen molar-refractivity contribution in [1.82, 2.24) is 4.98 Å². The van der Waals surface area contributed by atoms with E-state index in [9.17, 15) is 9.59 Å². The average Bonchev–Trinajstić information content (AvgIpc) is 2.03. The third-order valence-corrected chi connectivity index (χ3v) is 1.29. The number of rotatable bonds is 2. The van der Waals surface area contributed by atoms with Crippen LogP contribution in [-0.2, 0) is 0 Å². The fourth-order valence-corrected chi connectivity index (χ4v) is 0.771. The third-order valence-electron chi connectivity index (χ3n) is 1.29. The van der Waals surface area contributed by atoms with Crippen LogP contribution in [0.15, 0.2) is 12.1 Å². The largest absolute Gasteiger partial charge is 0.477 e. The number of carbonyl (C=O) groups is 2. The van der Waals surface area contributed by atoms with E-state index >= 15 is 0 Å². The first-order valence-corrected chi connectivity index (χ1v) is 3.25.